The molecule has 0 saturated heterocycles. The van der Waals surface area contributed by atoms with Gasteiger partial charge in [0.05, 0.1) is 3.57 Å². The molecule has 2 N–H and O–H groups in total. The summed E-state index contributed by atoms with van der Waals surface area (Å²) in [4.78, 5) is 0. The third kappa shape index (κ3) is 1.80. The van der Waals surface area contributed by atoms with Gasteiger partial charge in [0.15, 0.2) is 0 Å². The van der Waals surface area contributed by atoms with Crippen molar-refractivity contribution in [2.75, 3.05) is 0 Å². The van der Waals surface area contributed by atoms with Crippen molar-refractivity contribution in [1.82, 2.24) is 0 Å². The lowest BCUT2D eigenvalue weighted by atomic mass is 9.95. The second-order valence-electron chi connectivity index (χ2n) is 3.84. The Labute approximate surface area is 97.0 Å². The van der Waals surface area contributed by atoms with E-state index in [1.807, 2.05) is 6.07 Å². The molecule has 1 nitrogen and oxygen atoms in total. The molecule has 1 saturated carbocycles. The normalized spacial score (nSPS) is 26.8. The highest BCUT2D eigenvalue weighted by Gasteiger charge is 2.27. The van der Waals surface area contributed by atoms with Crippen LogP contribution >= 0.6 is 22.6 Å². The summed E-state index contributed by atoms with van der Waals surface area (Å²) < 4.78 is 14.1. The monoisotopic (exact) mass is 305 g/mol. The molecule has 76 valence electrons. The quantitative estimate of drug-likeness (QED) is 0.793. The summed E-state index contributed by atoms with van der Waals surface area (Å²) in [5.41, 5.74) is 7.10. The van der Waals surface area contributed by atoms with E-state index in [1.165, 1.54) is 12.5 Å². The second kappa shape index (κ2) is 4.14. The Morgan fingerprint density at radius 1 is 1.36 bits per heavy atom. The van der Waals surface area contributed by atoms with Crippen LogP contribution in [0.4, 0.5) is 4.39 Å². The predicted molar refractivity (Wildman–Crippen MR) is 63.7 cm³/mol. The van der Waals surface area contributed by atoms with Gasteiger partial charge in [-0.3, -0.25) is 0 Å². The zero-order valence-electron chi connectivity index (χ0n) is 7.84. The Morgan fingerprint density at radius 3 is 2.79 bits per heavy atom. The van der Waals surface area contributed by atoms with Crippen LogP contribution in [0.5, 0.6) is 0 Å². The van der Waals surface area contributed by atoms with E-state index in [-0.39, 0.29) is 11.9 Å². The molecule has 1 aliphatic rings. The van der Waals surface area contributed by atoms with Crippen LogP contribution in [0, 0.1) is 9.39 Å². The minimum Gasteiger partial charge on any atom is -0.327 e. The lowest BCUT2D eigenvalue weighted by molar-refractivity contribution is 0.586. The van der Waals surface area contributed by atoms with E-state index in [0.717, 1.165) is 22.0 Å². The van der Waals surface area contributed by atoms with Crippen molar-refractivity contribution in [2.45, 2.75) is 31.2 Å². The summed E-state index contributed by atoms with van der Waals surface area (Å²) in [5, 5.41) is 0. The summed E-state index contributed by atoms with van der Waals surface area (Å²) in [6.45, 7) is 0. The average Bonchev–Trinajstić information content (AvgIpc) is 2.57. The van der Waals surface area contributed by atoms with Crippen LogP contribution in [0.25, 0.3) is 0 Å². The molecular weight excluding hydrogens is 292 g/mol. The third-order valence-electron chi connectivity index (χ3n) is 2.95. The van der Waals surface area contributed by atoms with E-state index in [9.17, 15) is 4.39 Å². The fraction of sp³-hybridized carbons (Fsp3) is 0.455. The highest BCUT2D eigenvalue weighted by molar-refractivity contribution is 14.1. The van der Waals surface area contributed by atoms with E-state index >= 15 is 0 Å². The topological polar surface area (TPSA) is 26.0 Å². The molecule has 2 rings (SSSR count). The van der Waals surface area contributed by atoms with Gasteiger partial charge in [-0.2, -0.15) is 0 Å². The smallest absolute Gasteiger partial charge is 0.136 e. The average molecular weight is 305 g/mol. The molecule has 0 heterocycles. The van der Waals surface area contributed by atoms with Crippen LogP contribution in [-0.4, -0.2) is 6.04 Å². The lowest BCUT2D eigenvalue weighted by Gasteiger charge is -2.17. The number of benzene rings is 1. The number of hydrogen-bond acceptors (Lipinski definition) is 1. The number of halogens is 2. The van der Waals surface area contributed by atoms with Gasteiger partial charge in [0, 0.05) is 12.0 Å². The molecule has 14 heavy (non-hydrogen) atoms. The predicted octanol–water partition coefficient (Wildman–Crippen LogP) is 3.03. The highest BCUT2D eigenvalue weighted by atomic mass is 127. The standard InChI is InChI=1S/C11H13FIN/c12-9-5-1-4-8(11(9)13)7-3-2-6-10(7)14/h1,4-5,7,10H,2-3,6,14H2. The van der Waals surface area contributed by atoms with E-state index in [2.05, 4.69) is 22.6 Å². The van der Waals surface area contributed by atoms with Crippen LogP contribution in [0.15, 0.2) is 18.2 Å². The zero-order valence-corrected chi connectivity index (χ0v) is 10.00. The van der Waals surface area contributed by atoms with Crippen LogP contribution in [-0.2, 0) is 0 Å². The molecule has 0 radical (unpaired) electrons. The van der Waals surface area contributed by atoms with Crippen molar-refractivity contribution >= 4 is 22.6 Å². The van der Waals surface area contributed by atoms with Gasteiger partial charge >= 0.3 is 0 Å². The fourth-order valence-corrected chi connectivity index (χ4v) is 2.94. The van der Waals surface area contributed by atoms with Gasteiger partial charge in [0.2, 0.25) is 0 Å². The van der Waals surface area contributed by atoms with Gasteiger partial charge in [0.1, 0.15) is 5.82 Å². The molecule has 3 heteroatoms. The highest BCUT2D eigenvalue weighted by Crippen LogP contribution is 2.36. The largest absolute Gasteiger partial charge is 0.327 e. The molecule has 0 spiro atoms. The lowest BCUT2D eigenvalue weighted by Crippen LogP contribution is -2.23. The van der Waals surface area contributed by atoms with Crippen molar-refractivity contribution in [3.63, 3.8) is 0 Å². The van der Waals surface area contributed by atoms with Crippen molar-refractivity contribution in [3.8, 4) is 0 Å². The van der Waals surface area contributed by atoms with E-state index in [1.54, 1.807) is 6.07 Å². The maximum atomic E-state index is 13.3. The number of hydrogen-bond donors (Lipinski definition) is 1. The molecule has 0 aromatic heterocycles. The maximum absolute atomic E-state index is 13.3. The SMILES string of the molecule is NC1CCCC1c1cccc(F)c1I. The Bertz CT molecular complexity index is 340. The second-order valence-corrected chi connectivity index (χ2v) is 4.92. The molecule has 2 atom stereocenters. The first-order valence-electron chi connectivity index (χ1n) is 4.89. The third-order valence-corrected chi connectivity index (χ3v) is 4.09. The summed E-state index contributed by atoms with van der Waals surface area (Å²) in [6, 6.07) is 5.50. The summed E-state index contributed by atoms with van der Waals surface area (Å²) in [7, 11) is 0. The van der Waals surface area contributed by atoms with Gasteiger partial charge in [0.25, 0.3) is 0 Å². The van der Waals surface area contributed by atoms with E-state index in [4.69, 9.17) is 5.73 Å². The first kappa shape index (κ1) is 10.4. The molecule has 0 bridgehead atoms. The zero-order chi connectivity index (χ0) is 10.1. The van der Waals surface area contributed by atoms with Gasteiger partial charge in [-0.15, -0.1) is 0 Å². The van der Waals surface area contributed by atoms with Crippen molar-refractivity contribution in [2.24, 2.45) is 5.73 Å². The fourth-order valence-electron chi connectivity index (χ4n) is 2.18. The van der Waals surface area contributed by atoms with Gasteiger partial charge < -0.3 is 5.73 Å². The summed E-state index contributed by atoms with van der Waals surface area (Å²) in [6.07, 6.45) is 3.33. The molecular formula is C11H13FIN. The Balaban J connectivity index is 2.36. The summed E-state index contributed by atoms with van der Waals surface area (Å²) >= 11 is 2.07. The van der Waals surface area contributed by atoms with Crippen molar-refractivity contribution in [3.05, 3.63) is 33.1 Å². The van der Waals surface area contributed by atoms with E-state index in [0.29, 0.717) is 5.92 Å². The first-order chi connectivity index (χ1) is 6.70. The van der Waals surface area contributed by atoms with Gasteiger partial charge in [-0.1, -0.05) is 18.6 Å². The van der Waals surface area contributed by atoms with Crippen molar-refractivity contribution < 1.29 is 4.39 Å². The Morgan fingerprint density at radius 2 is 2.14 bits per heavy atom. The first-order valence-corrected chi connectivity index (χ1v) is 5.97. The van der Waals surface area contributed by atoms with Gasteiger partial charge in [-0.05, 0) is 47.1 Å². The molecule has 0 aliphatic heterocycles. The van der Waals surface area contributed by atoms with Crippen LogP contribution < -0.4 is 5.73 Å². The molecule has 1 fully saturated rings. The Kier molecular flexibility index (Phi) is 3.07. The molecule has 1 aliphatic carbocycles. The van der Waals surface area contributed by atoms with Crippen LogP contribution in [0.1, 0.15) is 30.7 Å². The maximum Gasteiger partial charge on any atom is 0.136 e. The molecule has 1 aromatic carbocycles. The molecule has 0 amide bonds. The minimum absolute atomic E-state index is 0.123. The van der Waals surface area contributed by atoms with Crippen molar-refractivity contribution in [1.29, 1.82) is 0 Å². The Hall–Kier alpha value is -0.160. The van der Waals surface area contributed by atoms with E-state index < -0.39 is 0 Å². The minimum atomic E-state index is -0.123. The molecule has 1 aromatic rings. The van der Waals surface area contributed by atoms with Gasteiger partial charge in [-0.25, -0.2) is 4.39 Å². The number of rotatable bonds is 1. The van der Waals surface area contributed by atoms with Crippen LogP contribution in [0.2, 0.25) is 0 Å². The van der Waals surface area contributed by atoms with Crippen LogP contribution in [0.3, 0.4) is 0 Å². The number of nitrogens with two attached hydrogens (primary N) is 1. The summed E-state index contributed by atoms with van der Waals surface area (Å²) in [5.74, 6) is 0.236. The molecule has 2 unspecified atom stereocenters.